The first-order valence-electron chi connectivity index (χ1n) is 11.6. The molecule has 0 amide bonds. The van der Waals surface area contributed by atoms with Crippen molar-refractivity contribution in [3.63, 3.8) is 0 Å². The van der Waals surface area contributed by atoms with Gasteiger partial charge in [-0.2, -0.15) is 0 Å². The number of nitrogens with one attached hydrogen (secondary N) is 1. The lowest BCUT2D eigenvalue weighted by molar-refractivity contribution is 0.173. The molecular weight excluding hydrogens is 464 g/mol. The number of rotatable bonds is 5. The second-order valence-corrected chi connectivity index (χ2v) is 8.88. The first-order valence-corrected chi connectivity index (χ1v) is 11.9. The predicted molar refractivity (Wildman–Crippen MR) is 138 cm³/mol. The highest BCUT2D eigenvalue weighted by atomic mass is 35.5. The maximum Gasteiger partial charge on any atom is 0.275 e. The molecule has 0 bridgehead atoms. The first kappa shape index (κ1) is 21.7. The van der Waals surface area contributed by atoms with Gasteiger partial charge >= 0.3 is 0 Å². The fraction of sp³-hybridized carbons (Fsp3) is 0.185. The van der Waals surface area contributed by atoms with Gasteiger partial charge in [-0.05, 0) is 48.9 Å². The Morgan fingerprint density at radius 2 is 1.83 bits per heavy atom. The van der Waals surface area contributed by atoms with E-state index in [4.69, 9.17) is 31.8 Å². The van der Waals surface area contributed by atoms with Crippen molar-refractivity contribution in [3.05, 3.63) is 76.0 Å². The van der Waals surface area contributed by atoms with E-state index in [0.717, 1.165) is 34.1 Å². The third-order valence-corrected chi connectivity index (χ3v) is 6.53. The Morgan fingerprint density at radius 1 is 1.03 bits per heavy atom. The maximum absolute atomic E-state index is 13.5. The van der Waals surface area contributed by atoms with Crippen molar-refractivity contribution in [3.8, 4) is 34.0 Å². The highest BCUT2D eigenvalue weighted by Gasteiger charge is 2.25. The monoisotopic (exact) mass is 486 g/mol. The zero-order valence-corrected chi connectivity index (χ0v) is 19.6. The van der Waals surface area contributed by atoms with Crippen LogP contribution in [0.15, 0.2) is 65.5 Å². The Kier molecular flexibility index (Phi) is 5.43. The Hall–Kier alpha value is -3.81. The zero-order chi connectivity index (χ0) is 23.9. The number of nitrogens with zero attached hydrogens (tertiary/aromatic N) is 2. The zero-order valence-electron chi connectivity index (χ0n) is 18.9. The molecule has 0 atom stereocenters. The number of H-pyrrole nitrogens is 1. The lowest BCUT2D eigenvalue weighted by Crippen LogP contribution is -2.17. The van der Waals surface area contributed by atoms with Gasteiger partial charge in [-0.25, -0.2) is 4.98 Å². The van der Waals surface area contributed by atoms with Crippen molar-refractivity contribution in [2.75, 3.05) is 19.8 Å². The fourth-order valence-corrected chi connectivity index (χ4v) is 4.89. The van der Waals surface area contributed by atoms with Gasteiger partial charge < -0.3 is 24.8 Å². The molecule has 2 aromatic heterocycles. The van der Waals surface area contributed by atoms with Crippen LogP contribution in [-0.4, -0.2) is 34.3 Å². The largest absolute Gasteiger partial charge is 0.486 e. The van der Waals surface area contributed by atoms with Gasteiger partial charge in [0.2, 0.25) is 0 Å². The summed E-state index contributed by atoms with van der Waals surface area (Å²) in [5.74, 6) is 1.17. The average Bonchev–Trinajstić information content (AvgIpc) is 3.21. The smallest absolute Gasteiger partial charge is 0.275 e. The summed E-state index contributed by atoms with van der Waals surface area (Å²) in [4.78, 5) is 21.4. The number of aryl methyl sites for hydroxylation is 1. The molecular formula is C27H23ClN4O3. The number of hydrogen-bond donors (Lipinski definition) is 2. The summed E-state index contributed by atoms with van der Waals surface area (Å²) in [7, 11) is 0. The van der Waals surface area contributed by atoms with Crippen molar-refractivity contribution in [2.45, 2.75) is 13.0 Å². The van der Waals surface area contributed by atoms with Crippen LogP contribution in [0.2, 0.25) is 5.02 Å². The van der Waals surface area contributed by atoms with E-state index in [-0.39, 0.29) is 5.56 Å². The minimum atomic E-state index is -0.272. The van der Waals surface area contributed by atoms with E-state index in [0.29, 0.717) is 59.6 Å². The van der Waals surface area contributed by atoms with E-state index < -0.39 is 0 Å². The molecule has 5 aromatic rings. The van der Waals surface area contributed by atoms with Gasteiger partial charge in [0.15, 0.2) is 11.5 Å². The molecule has 1 aliphatic heterocycles. The number of fused-ring (bicyclic) bond motifs is 4. The van der Waals surface area contributed by atoms with Gasteiger partial charge in [0.05, 0.1) is 11.2 Å². The van der Waals surface area contributed by atoms with Crippen LogP contribution in [0.1, 0.15) is 6.42 Å². The van der Waals surface area contributed by atoms with Gasteiger partial charge in [0, 0.05) is 28.0 Å². The summed E-state index contributed by atoms with van der Waals surface area (Å²) in [5.41, 5.74) is 10.7. The van der Waals surface area contributed by atoms with Crippen LogP contribution >= 0.6 is 11.6 Å². The number of halogens is 1. The lowest BCUT2D eigenvalue weighted by Gasteiger charge is -2.19. The number of aromatic amines is 1. The lowest BCUT2D eigenvalue weighted by atomic mass is 10.0. The molecule has 35 heavy (non-hydrogen) atoms. The van der Waals surface area contributed by atoms with Crippen molar-refractivity contribution in [1.29, 1.82) is 0 Å². The van der Waals surface area contributed by atoms with E-state index in [2.05, 4.69) is 15.6 Å². The van der Waals surface area contributed by atoms with Crippen LogP contribution in [0.3, 0.4) is 0 Å². The van der Waals surface area contributed by atoms with Gasteiger partial charge in [0.25, 0.3) is 5.56 Å². The number of para-hydroxylation sites is 1. The van der Waals surface area contributed by atoms with Crippen molar-refractivity contribution in [2.24, 2.45) is 5.73 Å². The predicted octanol–water partition coefficient (Wildman–Crippen LogP) is 4.99. The van der Waals surface area contributed by atoms with Gasteiger partial charge in [-0.3, -0.25) is 4.79 Å². The third kappa shape index (κ3) is 3.64. The quantitative estimate of drug-likeness (QED) is 0.365. The molecule has 8 heteroatoms. The van der Waals surface area contributed by atoms with E-state index in [1.54, 1.807) is 12.1 Å². The van der Waals surface area contributed by atoms with Crippen LogP contribution < -0.4 is 20.8 Å². The van der Waals surface area contributed by atoms with Crippen molar-refractivity contribution >= 4 is 33.5 Å². The number of nitrogens with two attached hydrogens (primary N) is 1. The number of hydrogen-bond acceptors (Lipinski definition) is 5. The van der Waals surface area contributed by atoms with E-state index in [1.165, 1.54) is 0 Å². The third-order valence-electron chi connectivity index (χ3n) is 6.28. The second kappa shape index (κ2) is 8.76. The number of aromatic nitrogens is 3. The molecule has 3 aromatic carbocycles. The SMILES string of the molecule is NCCCn1c(-c2ccc(Cl)cc2)c(-c2nc3c4c(ccc3[nH]c2=O)OCCO4)c2ccccc21. The minimum absolute atomic E-state index is 0.272. The fourth-order valence-electron chi connectivity index (χ4n) is 4.76. The van der Waals surface area contributed by atoms with E-state index in [1.807, 2.05) is 42.5 Å². The summed E-state index contributed by atoms with van der Waals surface area (Å²) in [6, 6.07) is 19.3. The van der Waals surface area contributed by atoms with E-state index in [9.17, 15) is 4.79 Å². The molecule has 0 fully saturated rings. The summed E-state index contributed by atoms with van der Waals surface area (Å²) in [5, 5.41) is 1.58. The summed E-state index contributed by atoms with van der Waals surface area (Å²) in [6.07, 6.45) is 0.791. The molecule has 1 aliphatic rings. The normalized spacial score (nSPS) is 13.0. The summed E-state index contributed by atoms with van der Waals surface area (Å²) >= 11 is 6.20. The molecule has 3 N–H and O–H groups in total. The van der Waals surface area contributed by atoms with E-state index >= 15 is 0 Å². The second-order valence-electron chi connectivity index (χ2n) is 8.44. The molecule has 176 valence electrons. The molecule has 0 radical (unpaired) electrons. The molecule has 6 rings (SSSR count). The van der Waals surface area contributed by atoms with Gasteiger partial charge in [-0.1, -0.05) is 41.9 Å². The number of ether oxygens (including phenoxy) is 2. The maximum atomic E-state index is 13.5. The van der Waals surface area contributed by atoms with Crippen molar-refractivity contribution < 1.29 is 9.47 Å². The molecule has 0 aliphatic carbocycles. The Balaban J connectivity index is 1.70. The standard InChI is InChI=1S/C27H23ClN4O3/c28-17-8-6-16(7-9-17)25-22(18-4-1-2-5-20(18)32(25)13-3-12-29)24-27(33)30-19-10-11-21-26(23(19)31-24)35-15-14-34-21/h1-2,4-11H,3,12-15,29H2,(H,30,33). The van der Waals surface area contributed by atoms with Gasteiger partial charge in [0.1, 0.15) is 24.4 Å². The number of benzene rings is 3. The summed E-state index contributed by atoms with van der Waals surface area (Å²) in [6.45, 7) is 2.16. The van der Waals surface area contributed by atoms with Crippen LogP contribution in [-0.2, 0) is 6.54 Å². The minimum Gasteiger partial charge on any atom is -0.486 e. The molecule has 0 saturated carbocycles. The van der Waals surface area contributed by atoms with Gasteiger partial charge in [-0.15, -0.1) is 0 Å². The molecule has 0 unspecified atom stereocenters. The average molecular weight is 487 g/mol. The van der Waals surface area contributed by atoms with Crippen LogP contribution in [0.4, 0.5) is 0 Å². The molecule has 0 spiro atoms. The summed E-state index contributed by atoms with van der Waals surface area (Å²) < 4.78 is 13.9. The van der Waals surface area contributed by atoms with Crippen LogP contribution in [0.25, 0.3) is 44.5 Å². The topological polar surface area (TPSA) is 95.2 Å². The Morgan fingerprint density at radius 3 is 2.66 bits per heavy atom. The molecule has 3 heterocycles. The van der Waals surface area contributed by atoms with Crippen LogP contribution in [0.5, 0.6) is 11.5 Å². The highest BCUT2D eigenvalue weighted by molar-refractivity contribution is 6.30. The Bertz CT molecular complexity index is 1620. The first-order chi connectivity index (χ1) is 17.2. The molecule has 7 nitrogen and oxygen atoms in total. The van der Waals surface area contributed by atoms with Crippen LogP contribution in [0, 0.1) is 0 Å². The molecule has 0 saturated heterocycles. The van der Waals surface area contributed by atoms with Crippen molar-refractivity contribution in [1.82, 2.24) is 14.5 Å². The Labute approximate surface area is 206 Å². The highest BCUT2D eigenvalue weighted by Crippen LogP contribution is 2.41.